The van der Waals surface area contributed by atoms with Crippen molar-refractivity contribution in [2.75, 3.05) is 19.6 Å². The summed E-state index contributed by atoms with van der Waals surface area (Å²) in [7, 11) is 0. The second-order valence-electron chi connectivity index (χ2n) is 5.74. The van der Waals surface area contributed by atoms with Gasteiger partial charge in [-0.15, -0.1) is 0 Å². The summed E-state index contributed by atoms with van der Waals surface area (Å²) in [6, 6.07) is -0.0642. The number of aliphatic carboxylic acids is 1. The fourth-order valence-electron chi connectivity index (χ4n) is 2.57. The van der Waals surface area contributed by atoms with Crippen LogP contribution in [0.25, 0.3) is 0 Å². The first-order valence-corrected chi connectivity index (χ1v) is 6.63. The van der Waals surface area contributed by atoms with Gasteiger partial charge < -0.3 is 15.3 Å². The molecule has 0 saturated carbocycles. The minimum Gasteiger partial charge on any atom is -0.481 e. The van der Waals surface area contributed by atoms with Gasteiger partial charge in [-0.25, -0.2) is 4.79 Å². The number of likely N-dealkylation sites (tertiary alicyclic amines) is 1. The molecule has 0 spiro atoms. The highest BCUT2D eigenvalue weighted by molar-refractivity contribution is 5.74. The third kappa shape index (κ3) is 4.94. The summed E-state index contributed by atoms with van der Waals surface area (Å²) in [5.74, 6) is 0.218. The molecule has 0 bridgehead atoms. The van der Waals surface area contributed by atoms with Gasteiger partial charge in [0.1, 0.15) is 0 Å². The van der Waals surface area contributed by atoms with Crippen LogP contribution < -0.4 is 5.32 Å². The maximum absolute atomic E-state index is 11.9. The molecule has 3 atom stereocenters. The van der Waals surface area contributed by atoms with Gasteiger partial charge in [0.05, 0.1) is 0 Å². The number of carboxylic acids is 1. The zero-order valence-electron chi connectivity index (χ0n) is 11.5. The lowest BCUT2D eigenvalue weighted by atomic mass is 9.92. The molecule has 1 fully saturated rings. The smallest absolute Gasteiger partial charge is 0.317 e. The fraction of sp³-hybridized carbons (Fsp3) is 0.846. The Morgan fingerprint density at radius 3 is 2.39 bits per heavy atom. The van der Waals surface area contributed by atoms with Gasteiger partial charge in [0.25, 0.3) is 0 Å². The van der Waals surface area contributed by atoms with Gasteiger partial charge in [-0.05, 0) is 24.2 Å². The quantitative estimate of drug-likeness (QED) is 0.805. The number of piperidine rings is 1. The van der Waals surface area contributed by atoms with Crippen molar-refractivity contribution in [3.05, 3.63) is 0 Å². The van der Waals surface area contributed by atoms with Crippen molar-refractivity contribution in [3.63, 3.8) is 0 Å². The first-order chi connectivity index (χ1) is 8.38. The normalized spacial score (nSPS) is 25.6. The Morgan fingerprint density at radius 1 is 1.33 bits per heavy atom. The van der Waals surface area contributed by atoms with E-state index in [2.05, 4.69) is 19.2 Å². The van der Waals surface area contributed by atoms with Crippen LogP contribution >= 0.6 is 0 Å². The van der Waals surface area contributed by atoms with Gasteiger partial charge >= 0.3 is 12.0 Å². The second-order valence-corrected chi connectivity index (χ2v) is 5.74. The van der Waals surface area contributed by atoms with Crippen molar-refractivity contribution in [1.29, 1.82) is 0 Å². The van der Waals surface area contributed by atoms with Crippen LogP contribution in [-0.4, -0.2) is 41.6 Å². The van der Waals surface area contributed by atoms with E-state index in [0.717, 1.165) is 13.1 Å². The number of hydrogen-bond donors (Lipinski definition) is 2. The van der Waals surface area contributed by atoms with E-state index in [4.69, 9.17) is 5.11 Å². The molecule has 2 N–H and O–H groups in total. The van der Waals surface area contributed by atoms with E-state index in [9.17, 15) is 9.59 Å². The number of carboxylic acid groups (broad SMARTS) is 1. The van der Waals surface area contributed by atoms with Gasteiger partial charge in [-0.3, -0.25) is 4.79 Å². The molecular formula is C13H24N2O3. The second kappa shape index (κ2) is 6.61. The molecule has 1 saturated heterocycles. The van der Waals surface area contributed by atoms with E-state index in [0.29, 0.717) is 18.4 Å². The summed E-state index contributed by atoms with van der Waals surface area (Å²) in [6.07, 6.45) is 1.26. The Labute approximate surface area is 109 Å². The lowest BCUT2D eigenvalue weighted by Crippen LogP contribution is -2.48. The number of nitrogens with zero attached hydrogens (tertiary/aromatic N) is 1. The van der Waals surface area contributed by atoms with Gasteiger partial charge in [-0.2, -0.15) is 0 Å². The van der Waals surface area contributed by atoms with Crippen LogP contribution in [0.1, 0.15) is 33.6 Å². The van der Waals surface area contributed by atoms with Crippen LogP contribution in [-0.2, 0) is 4.79 Å². The molecule has 1 heterocycles. The van der Waals surface area contributed by atoms with Crippen molar-refractivity contribution in [2.24, 2.45) is 17.8 Å². The molecule has 2 amide bonds. The Bertz CT molecular complexity index is 297. The number of rotatable bonds is 4. The lowest BCUT2D eigenvalue weighted by molar-refractivity contribution is -0.137. The van der Waals surface area contributed by atoms with Gasteiger partial charge in [0, 0.05) is 26.1 Å². The van der Waals surface area contributed by atoms with Gasteiger partial charge in [-0.1, -0.05) is 20.8 Å². The average Bonchev–Trinajstić information content (AvgIpc) is 2.23. The molecule has 0 aromatic rings. The Morgan fingerprint density at radius 2 is 1.89 bits per heavy atom. The highest BCUT2D eigenvalue weighted by Gasteiger charge is 2.25. The monoisotopic (exact) mass is 256 g/mol. The number of hydrogen-bond acceptors (Lipinski definition) is 2. The van der Waals surface area contributed by atoms with E-state index in [1.54, 1.807) is 0 Å². The van der Waals surface area contributed by atoms with Crippen LogP contribution in [0.2, 0.25) is 0 Å². The fourth-order valence-corrected chi connectivity index (χ4v) is 2.57. The minimum absolute atomic E-state index is 0.0360. The molecule has 0 aliphatic carbocycles. The standard InChI is InChI=1S/C13H24N2O3/c1-9(5-12(16)17)6-14-13(18)15-7-10(2)4-11(3)8-15/h9-11H,4-8H2,1-3H3,(H,14,18)(H,16,17). The SMILES string of the molecule is CC(CNC(=O)N1CC(C)CC(C)C1)CC(=O)O. The van der Waals surface area contributed by atoms with Crippen LogP contribution in [0, 0.1) is 17.8 Å². The van der Waals surface area contributed by atoms with Crippen LogP contribution in [0.5, 0.6) is 0 Å². The number of nitrogens with one attached hydrogen (secondary N) is 1. The third-order valence-electron chi connectivity index (χ3n) is 3.28. The van der Waals surface area contributed by atoms with E-state index in [1.807, 2.05) is 11.8 Å². The Hall–Kier alpha value is -1.26. The van der Waals surface area contributed by atoms with E-state index >= 15 is 0 Å². The molecule has 104 valence electrons. The predicted molar refractivity (Wildman–Crippen MR) is 69.3 cm³/mol. The number of amides is 2. The zero-order chi connectivity index (χ0) is 13.7. The van der Waals surface area contributed by atoms with Crippen molar-refractivity contribution in [3.8, 4) is 0 Å². The summed E-state index contributed by atoms with van der Waals surface area (Å²) in [5.41, 5.74) is 0. The van der Waals surface area contributed by atoms with Crippen molar-refractivity contribution in [1.82, 2.24) is 10.2 Å². The summed E-state index contributed by atoms with van der Waals surface area (Å²) < 4.78 is 0. The molecule has 1 aliphatic heterocycles. The highest BCUT2D eigenvalue weighted by atomic mass is 16.4. The molecule has 5 nitrogen and oxygen atoms in total. The largest absolute Gasteiger partial charge is 0.481 e. The molecule has 5 heteroatoms. The maximum Gasteiger partial charge on any atom is 0.317 e. The Balaban J connectivity index is 2.34. The first kappa shape index (κ1) is 14.8. The maximum atomic E-state index is 11.9. The van der Waals surface area contributed by atoms with E-state index in [-0.39, 0.29) is 18.4 Å². The minimum atomic E-state index is -0.822. The van der Waals surface area contributed by atoms with Crippen molar-refractivity contribution >= 4 is 12.0 Å². The number of carbonyl (C=O) groups excluding carboxylic acids is 1. The third-order valence-corrected chi connectivity index (χ3v) is 3.28. The topological polar surface area (TPSA) is 69.6 Å². The number of carbonyl (C=O) groups is 2. The van der Waals surface area contributed by atoms with Crippen molar-refractivity contribution < 1.29 is 14.7 Å². The predicted octanol–water partition coefficient (Wildman–Crippen LogP) is 1.78. The molecule has 3 unspecified atom stereocenters. The highest BCUT2D eigenvalue weighted by Crippen LogP contribution is 2.20. The zero-order valence-corrected chi connectivity index (χ0v) is 11.5. The molecular weight excluding hydrogens is 232 g/mol. The lowest BCUT2D eigenvalue weighted by Gasteiger charge is -2.35. The molecule has 0 aromatic carbocycles. The molecule has 1 aliphatic rings. The molecule has 0 aromatic heterocycles. The van der Waals surface area contributed by atoms with Crippen LogP contribution in [0.15, 0.2) is 0 Å². The van der Waals surface area contributed by atoms with Gasteiger partial charge in [0.2, 0.25) is 0 Å². The summed E-state index contributed by atoms with van der Waals surface area (Å²) in [4.78, 5) is 24.3. The van der Waals surface area contributed by atoms with Gasteiger partial charge in [0.15, 0.2) is 0 Å². The summed E-state index contributed by atoms with van der Waals surface area (Å²) >= 11 is 0. The van der Waals surface area contributed by atoms with E-state index in [1.165, 1.54) is 6.42 Å². The molecule has 18 heavy (non-hydrogen) atoms. The Kier molecular flexibility index (Phi) is 5.44. The first-order valence-electron chi connectivity index (χ1n) is 6.63. The van der Waals surface area contributed by atoms with E-state index < -0.39 is 5.97 Å². The molecule has 1 rings (SSSR count). The van der Waals surface area contributed by atoms with Crippen LogP contribution in [0.3, 0.4) is 0 Å². The average molecular weight is 256 g/mol. The number of urea groups is 1. The summed E-state index contributed by atoms with van der Waals surface area (Å²) in [6.45, 7) is 8.15. The van der Waals surface area contributed by atoms with Crippen LogP contribution in [0.4, 0.5) is 4.79 Å². The van der Waals surface area contributed by atoms with Crippen molar-refractivity contribution in [2.45, 2.75) is 33.6 Å². The summed E-state index contributed by atoms with van der Waals surface area (Å²) in [5, 5.41) is 11.5. The molecule has 0 radical (unpaired) electrons.